The third-order valence-corrected chi connectivity index (χ3v) is 7.67. The van der Waals surface area contributed by atoms with Crippen LogP contribution in [0.5, 0.6) is 5.75 Å². The van der Waals surface area contributed by atoms with Crippen molar-refractivity contribution in [2.75, 3.05) is 18.7 Å². The van der Waals surface area contributed by atoms with Crippen molar-refractivity contribution in [1.29, 1.82) is 0 Å². The Hall–Kier alpha value is -2.29. The van der Waals surface area contributed by atoms with Gasteiger partial charge in [-0.3, -0.25) is 5.01 Å². The Labute approximate surface area is 214 Å². The van der Waals surface area contributed by atoms with E-state index in [4.69, 9.17) is 44.6 Å². The van der Waals surface area contributed by atoms with Crippen molar-refractivity contribution in [3.05, 3.63) is 86.9 Å². The van der Waals surface area contributed by atoms with Crippen molar-refractivity contribution in [2.24, 2.45) is 5.10 Å². The van der Waals surface area contributed by atoms with E-state index in [0.29, 0.717) is 32.9 Å². The average Bonchev–Trinajstić information content (AvgIpc) is 3.22. The number of methoxy groups -OCH3 is 1. The van der Waals surface area contributed by atoms with E-state index in [2.05, 4.69) is 4.72 Å². The van der Waals surface area contributed by atoms with Crippen LogP contribution in [0.2, 0.25) is 15.1 Å². The minimum atomic E-state index is -3.83. The first-order valence-electron chi connectivity index (χ1n) is 10.4. The number of nitrogens with zero attached hydrogens (tertiary/aromatic N) is 2. The van der Waals surface area contributed by atoms with Gasteiger partial charge in [0.2, 0.25) is 10.0 Å². The van der Waals surface area contributed by atoms with Crippen molar-refractivity contribution in [3.63, 3.8) is 0 Å². The molecule has 0 saturated carbocycles. The monoisotopic (exact) mass is 537 g/mol. The highest BCUT2D eigenvalue weighted by Gasteiger charge is 2.31. The molecule has 178 valence electrons. The van der Waals surface area contributed by atoms with E-state index in [-0.39, 0.29) is 23.2 Å². The largest absolute Gasteiger partial charge is 0.495 e. The number of hydrazone groups is 1. The molecule has 1 heterocycles. The fourth-order valence-electron chi connectivity index (χ4n) is 3.76. The molecule has 1 unspecified atom stereocenters. The lowest BCUT2D eigenvalue weighted by molar-refractivity contribution is 0.402. The number of hydrogen-bond acceptors (Lipinski definition) is 5. The highest BCUT2D eigenvalue weighted by Crippen LogP contribution is 2.39. The van der Waals surface area contributed by atoms with Crippen LogP contribution in [0.25, 0.3) is 0 Å². The molecule has 1 atom stereocenters. The van der Waals surface area contributed by atoms with Crippen molar-refractivity contribution in [2.45, 2.75) is 24.3 Å². The van der Waals surface area contributed by atoms with E-state index in [9.17, 15) is 8.42 Å². The van der Waals surface area contributed by atoms with E-state index in [1.807, 2.05) is 31.2 Å². The predicted molar refractivity (Wildman–Crippen MR) is 138 cm³/mol. The lowest BCUT2D eigenvalue weighted by atomic mass is 10.0. The summed E-state index contributed by atoms with van der Waals surface area (Å²) in [6, 6.07) is 17.5. The number of sulfonamides is 1. The first-order valence-corrected chi connectivity index (χ1v) is 13.0. The van der Waals surface area contributed by atoms with Gasteiger partial charge >= 0.3 is 0 Å². The summed E-state index contributed by atoms with van der Waals surface area (Å²) in [5.74, 6) is 0.278. The molecule has 1 N–H and O–H groups in total. The summed E-state index contributed by atoms with van der Waals surface area (Å²) in [5, 5.41) is 8.09. The molecule has 0 aromatic heterocycles. The number of hydrogen-bond donors (Lipinski definition) is 1. The quantitative estimate of drug-likeness (QED) is 0.386. The Morgan fingerprint density at radius 2 is 1.74 bits per heavy atom. The summed E-state index contributed by atoms with van der Waals surface area (Å²) >= 11 is 18.6. The zero-order chi connectivity index (χ0) is 24.5. The van der Waals surface area contributed by atoms with Gasteiger partial charge in [-0.2, -0.15) is 5.10 Å². The van der Waals surface area contributed by atoms with E-state index in [1.165, 1.54) is 7.11 Å². The zero-order valence-electron chi connectivity index (χ0n) is 18.4. The molecule has 34 heavy (non-hydrogen) atoms. The minimum Gasteiger partial charge on any atom is -0.495 e. The molecule has 0 fully saturated rings. The van der Waals surface area contributed by atoms with Gasteiger partial charge in [0, 0.05) is 16.5 Å². The highest BCUT2D eigenvalue weighted by molar-refractivity contribution is 7.89. The molecule has 3 aromatic rings. The number of nitrogens with one attached hydrogen (secondary N) is 1. The fraction of sp³-hybridized carbons (Fsp3) is 0.208. The first-order chi connectivity index (χ1) is 16.2. The molecule has 0 amide bonds. The van der Waals surface area contributed by atoms with Crippen LogP contribution in [0.15, 0.2) is 70.7 Å². The van der Waals surface area contributed by atoms with Gasteiger partial charge in [0.15, 0.2) is 0 Å². The van der Waals surface area contributed by atoms with Crippen LogP contribution in [0, 0.1) is 6.92 Å². The molecule has 0 saturated heterocycles. The molecule has 0 spiro atoms. The standard InChI is InChI=1S/C24H22Cl3N3O3S/c1-15-3-10-23(33-2)24(11-15)34(31,32)28-14-19-13-22(16-4-6-17(25)7-5-16)30(29-19)21-9-8-18(26)12-20(21)27/h3-12,22,28H,13-14H2,1-2H3. The minimum absolute atomic E-state index is 0.0330. The zero-order valence-corrected chi connectivity index (χ0v) is 21.5. The van der Waals surface area contributed by atoms with Crippen molar-refractivity contribution < 1.29 is 13.2 Å². The molecule has 4 rings (SSSR count). The van der Waals surface area contributed by atoms with Gasteiger partial charge in [-0.15, -0.1) is 0 Å². The third-order valence-electron chi connectivity index (χ3n) is 5.46. The summed E-state index contributed by atoms with van der Waals surface area (Å²) in [6.45, 7) is 1.86. The van der Waals surface area contributed by atoms with Crippen LogP contribution >= 0.6 is 34.8 Å². The van der Waals surface area contributed by atoms with E-state index < -0.39 is 10.0 Å². The van der Waals surface area contributed by atoms with Gasteiger partial charge in [-0.25, -0.2) is 13.1 Å². The Bertz CT molecular complexity index is 1350. The van der Waals surface area contributed by atoms with Crippen LogP contribution in [-0.2, 0) is 10.0 Å². The van der Waals surface area contributed by atoms with E-state index in [1.54, 1.807) is 41.4 Å². The number of benzene rings is 3. The smallest absolute Gasteiger partial charge is 0.244 e. The summed E-state index contributed by atoms with van der Waals surface area (Å²) in [7, 11) is -2.39. The maximum atomic E-state index is 13.0. The van der Waals surface area contributed by atoms with Crippen molar-refractivity contribution >= 4 is 56.2 Å². The Balaban J connectivity index is 1.63. The maximum Gasteiger partial charge on any atom is 0.244 e. The summed E-state index contributed by atoms with van der Waals surface area (Å²) in [5.41, 5.74) is 3.11. The van der Waals surface area contributed by atoms with Crippen LogP contribution in [0.4, 0.5) is 5.69 Å². The molecule has 6 nitrogen and oxygen atoms in total. The van der Waals surface area contributed by atoms with Gasteiger partial charge in [-0.05, 0) is 60.5 Å². The van der Waals surface area contributed by atoms with Gasteiger partial charge in [0.25, 0.3) is 0 Å². The molecule has 3 aromatic carbocycles. The normalized spacial score (nSPS) is 16.0. The van der Waals surface area contributed by atoms with E-state index >= 15 is 0 Å². The van der Waals surface area contributed by atoms with Gasteiger partial charge in [0.05, 0.1) is 36.1 Å². The number of aryl methyl sites for hydroxylation is 1. The van der Waals surface area contributed by atoms with Crippen LogP contribution < -0.4 is 14.5 Å². The number of anilines is 1. The molecule has 0 radical (unpaired) electrons. The molecule has 0 bridgehead atoms. The molecule has 1 aliphatic heterocycles. The Kier molecular flexibility index (Phi) is 7.40. The Morgan fingerprint density at radius 1 is 1.03 bits per heavy atom. The second-order valence-corrected chi connectivity index (χ2v) is 10.9. The Morgan fingerprint density at radius 3 is 2.41 bits per heavy atom. The lowest BCUT2D eigenvalue weighted by Crippen LogP contribution is -2.29. The van der Waals surface area contributed by atoms with Crippen LogP contribution in [0.3, 0.4) is 0 Å². The van der Waals surface area contributed by atoms with Gasteiger partial charge in [-0.1, -0.05) is 53.0 Å². The topological polar surface area (TPSA) is 71.0 Å². The molecular formula is C24H22Cl3N3O3S. The second kappa shape index (κ2) is 10.1. The average molecular weight is 539 g/mol. The number of halogens is 3. The SMILES string of the molecule is COc1ccc(C)cc1S(=O)(=O)NCC1=NN(c2ccc(Cl)cc2Cl)C(c2ccc(Cl)cc2)C1. The summed E-state index contributed by atoms with van der Waals surface area (Å²) < 4.78 is 34.0. The molecule has 0 aliphatic carbocycles. The highest BCUT2D eigenvalue weighted by atomic mass is 35.5. The molecular weight excluding hydrogens is 517 g/mol. The molecule has 1 aliphatic rings. The summed E-state index contributed by atoms with van der Waals surface area (Å²) in [4.78, 5) is 0.0837. The maximum absolute atomic E-state index is 13.0. The van der Waals surface area contributed by atoms with E-state index in [0.717, 1.165) is 11.1 Å². The van der Waals surface area contributed by atoms with Crippen LogP contribution in [0.1, 0.15) is 23.6 Å². The van der Waals surface area contributed by atoms with Crippen molar-refractivity contribution in [3.8, 4) is 5.75 Å². The second-order valence-electron chi connectivity index (χ2n) is 7.86. The van der Waals surface area contributed by atoms with Gasteiger partial charge in [0.1, 0.15) is 10.6 Å². The lowest BCUT2D eigenvalue weighted by Gasteiger charge is -2.25. The van der Waals surface area contributed by atoms with Crippen LogP contribution in [-0.4, -0.2) is 27.8 Å². The number of ether oxygens (including phenoxy) is 1. The predicted octanol–water partition coefficient (Wildman–Crippen LogP) is 6.25. The summed E-state index contributed by atoms with van der Waals surface area (Å²) in [6.07, 6.45) is 0.494. The van der Waals surface area contributed by atoms with Crippen molar-refractivity contribution in [1.82, 2.24) is 4.72 Å². The van der Waals surface area contributed by atoms with Gasteiger partial charge < -0.3 is 4.74 Å². The fourth-order valence-corrected chi connectivity index (χ4v) is 5.65. The first kappa shape index (κ1) is 24.8. The third kappa shape index (κ3) is 5.34. The number of rotatable bonds is 7. The molecule has 10 heteroatoms.